The van der Waals surface area contributed by atoms with Crippen LogP contribution in [0.2, 0.25) is 0 Å². The topological polar surface area (TPSA) is 82.9 Å². The van der Waals surface area contributed by atoms with E-state index in [1.807, 2.05) is 4.40 Å². The molecule has 1 amide bonds. The molecule has 1 N–H and O–H groups in total. The van der Waals surface area contributed by atoms with Crippen molar-refractivity contribution in [3.05, 3.63) is 34.2 Å². The zero-order chi connectivity index (χ0) is 19.8. The zero-order valence-electron chi connectivity index (χ0n) is 16.5. The van der Waals surface area contributed by atoms with Gasteiger partial charge < -0.3 is 19.5 Å². The molecule has 1 fully saturated rings. The minimum atomic E-state index is -0.227. The van der Waals surface area contributed by atoms with Crippen LogP contribution in [0.25, 0.3) is 16.6 Å². The van der Waals surface area contributed by atoms with Crippen molar-refractivity contribution in [1.29, 1.82) is 0 Å². The molecule has 2 aromatic heterocycles. The van der Waals surface area contributed by atoms with Gasteiger partial charge in [-0.05, 0) is 18.9 Å². The molecule has 8 heteroatoms. The van der Waals surface area contributed by atoms with Gasteiger partial charge in [0.1, 0.15) is 11.3 Å². The Labute approximate surface area is 162 Å². The number of carbonyl (C=O) groups excluding carboxylic acids is 1. The number of methoxy groups -OCH3 is 1. The number of anilines is 1. The summed E-state index contributed by atoms with van der Waals surface area (Å²) in [7, 11) is 4.91. The summed E-state index contributed by atoms with van der Waals surface area (Å²) in [6.07, 6.45) is 6.27. The van der Waals surface area contributed by atoms with E-state index in [0.717, 1.165) is 37.4 Å². The number of hydrogen-bond acceptors (Lipinski definition) is 5. The van der Waals surface area contributed by atoms with Crippen molar-refractivity contribution in [2.24, 2.45) is 0 Å². The van der Waals surface area contributed by atoms with E-state index < -0.39 is 0 Å². The van der Waals surface area contributed by atoms with Crippen molar-refractivity contribution in [3.8, 4) is 5.75 Å². The number of H-pyrrole nitrogens is 1. The Morgan fingerprint density at radius 2 is 1.86 bits per heavy atom. The lowest BCUT2D eigenvalue weighted by Gasteiger charge is -2.21. The van der Waals surface area contributed by atoms with Crippen LogP contribution in [0.3, 0.4) is 0 Å². The molecule has 1 saturated heterocycles. The molecule has 1 aromatic carbocycles. The van der Waals surface area contributed by atoms with E-state index in [9.17, 15) is 9.59 Å². The van der Waals surface area contributed by atoms with Crippen LogP contribution >= 0.6 is 0 Å². The summed E-state index contributed by atoms with van der Waals surface area (Å²) in [4.78, 5) is 36.4. The van der Waals surface area contributed by atoms with E-state index >= 15 is 0 Å². The number of ether oxygens (including phenoxy) is 1. The average molecular weight is 383 g/mol. The monoisotopic (exact) mass is 383 g/mol. The number of amides is 1. The fourth-order valence-electron chi connectivity index (χ4n) is 3.85. The molecule has 0 bridgehead atoms. The van der Waals surface area contributed by atoms with Crippen LogP contribution in [0.15, 0.2) is 23.1 Å². The van der Waals surface area contributed by atoms with Crippen molar-refractivity contribution in [2.45, 2.75) is 25.7 Å². The summed E-state index contributed by atoms with van der Waals surface area (Å²) in [6.45, 7) is 1.84. The molecule has 8 nitrogen and oxygen atoms in total. The Morgan fingerprint density at radius 1 is 1.14 bits per heavy atom. The summed E-state index contributed by atoms with van der Waals surface area (Å²) in [5.41, 5.74) is 2.01. The smallest absolute Gasteiger partial charge is 0.274 e. The van der Waals surface area contributed by atoms with Gasteiger partial charge >= 0.3 is 0 Å². The number of imidazole rings is 1. The maximum Gasteiger partial charge on any atom is 0.274 e. The van der Waals surface area contributed by atoms with E-state index in [0.29, 0.717) is 22.3 Å². The van der Waals surface area contributed by atoms with Gasteiger partial charge in [0.2, 0.25) is 5.95 Å². The van der Waals surface area contributed by atoms with Gasteiger partial charge in [-0.25, -0.2) is 4.98 Å². The number of benzene rings is 1. The summed E-state index contributed by atoms with van der Waals surface area (Å²) < 4.78 is 7.38. The highest BCUT2D eigenvalue weighted by atomic mass is 16.5. The lowest BCUT2D eigenvalue weighted by Crippen LogP contribution is -2.27. The van der Waals surface area contributed by atoms with E-state index in [1.54, 1.807) is 39.5 Å². The molecule has 0 aliphatic carbocycles. The Hall–Kier alpha value is -3.03. The maximum absolute atomic E-state index is 12.7. The number of nitrogens with zero attached hydrogens (tertiary/aromatic N) is 4. The summed E-state index contributed by atoms with van der Waals surface area (Å²) in [6, 6.07) is 3.49. The Kier molecular flexibility index (Phi) is 4.70. The average Bonchev–Trinajstić information content (AvgIpc) is 2.96. The van der Waals surface area contributed by atoms with Gasteiger partial charge in [-0.2, -0.15) is 0 Å². The molecule has 4 rings (SSSR count). The fourth-order valence-corrected chi connectivity index (χ4v) is 3.85. The lowest BCUT2D eigenvalue weighted by atomic mass is 10.1. The van der Waals surface area contributed by atoms with Crippen LogP contribution in [0.5, 0.6) is 5.75 Å². The van der Waals surface area contributed by atoms with Crippen LogP contribution < -0.4 is 15.2 Å². The minimum Gasteiger partial charge on any atom is -0.496 e. The van der Waals surface area contributed by atoms with Crippen molar-refractivity contribution in [3.63, 3.8) is 0 Å². The molecule has 28 heavy (non-hydrogen) atoms. The van der Waals surface area contributed by atoms with Crippen molar-refractivity contribution in [1.82, 2.24) is 19.3 Å². The fraction of sp³-hybridized carbons (Fsp3) is 0.450. The van der Waals surface area contributed by atoms with Crippen LogP contribution in [0.1, 0.15) is 36.0 Å². The standard InChI is InChI=1S/C20H25N5O3/c1-23(2)19(27)13-10-14-15(11-17(13)28-3)25-16(18(26)22-14)12-21-20(25)24-8-6-4-5-7-9-24/h10-12H,4-9H2,1-3H3,(H,22,26). The Bertz CT molecular complexity index is 1090. The molecule has 3 heterocycles. The van der Waals surface area contributed by atoms with Gasteiger partial charge in [-0.15, -0.1) is 0 Å². The van der Waals surface area contributed by atoms with Gasteiger partial charge in [-0.1, -0.05) is 12.8 Å². The van der Waals surface area contributed by atoms with Crippen LogP contribution in [0, 0.1) is 0 Å². The normalized spacial score (nSPS) is 15.0. The molecule has 0 spiro atoms. The molecule has 1 aliphatic heterocycles. The first-order valence-corrected chi connectivity index (χ1v) is 9.59. The highest BCUT2D eigenvalue weighted by molar-refractivity contribution is 6.00. The summed E-state index contributed by atoms with van der Waals surface area (Å²) in [5, 5.41) is 0. The molecule has 0 radical (unpaired) electrons. The first-order chi connectivity index (χ1) is 13.5. The van der Waals surface area contributed by atoms with Crippen LogP contribution in [-0.4, -0.2) is 59.5 Å². The maximum atomic E-state index is 12.7. The number of hydrogen-bond donors (Lipinski definition) is 1. The molecule has 0 unspecified atom stereocenters. The van der Waals surface area contributed by atoms with Gasteiger partial charge in [0.05, 0.1) is 29.9 Å². The van der Waals surface area contributed by atoms with Crippen molar-refractivity contribution >= 4 is 28.4 Å². The van der Waals surface area contributed by atoms with Gasteiger partial charge in [-0.3, -0.25) is 14.0 Å². The molecule has 1 aliphatic rings. The third-order valence-electron chi connectivity index (χ3n) is 5.31. The quantitative estimate of drug-likeness (QED) is 0.750. The van der Waals surface area contributed by atoms with E-state index in [2.05, 4.69) is 14.9 Å². The number of fused-ring (bicyclic) bond motifs is 3. The summed E-state index contributed by atoms with van der Waals surface area (Å²) >= 11 is 0. The van der Waals surface area contributed by atoms with E-state index in [4.69, 9.17) is 4.74 Å². The SMILES string of the molecule is COc1cc2c(cc1C(=O)N(C)C)[nH]c(=O)c1cnc(N3CCCCCC3)n12. The third-order valence-corrected chi connectivity index (χ3v) is 5.31. The van der Waals surface area contributed by atoms with Crippen molar-refractivity contribution in [2.75, 3.05) is 39.2 Å². The van der Waals surface area contributed by atoms with Crippen LogP contribution in [-0.2, 0) is 0 Å². The predicted octanol–water partition coefficient (Wildman–Crippen LogP) is 2.27. The summed E-state index contributed by atoms with van der Waals surface area (Å²) in [5.74, 6) is 1.05. The lowest BCUT2D eigenvalue weighted by molar-refractivity contribution is 0.0824. The first-order valence-electron chi connectivity index (χ1n) is 9.59. The highest BCUT2D eigenvalue weighted by Gasteiger charge is 2.21. The second-order valence-corrected chi connectivity index (χ2v) is 7.40. The third kappa shape index (κ3) is 2.98. The van der Waals surface area contributed by atoms with Gasteiger partial charge in [0, 0.05) is 33.3 Å². The molecule has 3 aromatic rings. The van der Waals surface area contributed by atoms with Crippen molar-refractivity contribution < 1.29 is 9.53 Å². The molecular weight excluding hydrogens is 358 g/mol. The molecule has 0 saturated carbocycles. The zero-order valence-corrected chi connectivity index (χ0v) is 16.5. The number of nitrogens with one attached hydrogen (secondary N) is 1. The Balaban J connectivity index is 1.98. The molecule has 0 atom stereocenters. The van der Waals surface area contributed by atoms with Crippen LogP contribution in [0.4, 0.5) is 5.95 Å². The predicted molar refractivity (Wildman–Crippen MR) is 109 cm³/mol. The molecule has 148 valence electrons. The van der Waals surface area contributed by atoms with Gasteiger partial charge in [0.25, 0.3) is 11.5 Å². The number of aromatic amines is 1. The van der Waals surface area contributed by atoms with E-state index in [-0.39, 0.29) is 11.5 Å². The number of aromatic nitrogens is 3. The highest BCUT2D eigenvalue weighted by Crippen LogP contribution is 2.28. The number of carbonyl (C=O) groups is 1. The second-order valence-electron chi connectivity index (χ2n) is 7.40. The van der Waals surface area contributed by atoms with Gasteiger partial charge in [0.15, 0.2) is 0 Å². The largest absolute Gasteiger partial charge is 0.496 e. The molecular formula is C20H25N5O3. The second kappa shape index (κ2) is 7.18. The number of rotatable bonds is 3. The minimum absolute atomic E-state index is 0.182. The first kappa shape index (κ1) is 18.3. The Morgan fingerprint density at radius 3 is 2.50 bits per heavy atom. The van der Waals surface area contributed by atoms with E-state index in [1.165, 1.54) is 17.7 Å².